The number of hydrogen-bond acceptors (Lipinski definition) is 2. The second kappa shape index (κ2) is 3.80. The van der Waals surface area contributed by atoms with Crippen molar-refractivity contribution in [2.24, 2.45) is 22.2 Å². The van der Waals surface area contributed by atoms with E-state index >= 15 is 0 Å². The van der Waals surface area contributed by atoms with E-state index in [2.05, 4.69) is 27.7 Å². The molecular weight excluding hydrogens is 186 g/mol. The average molecular weight is 209 g/mol. The summed E-state index contributed by atoms with van der Waals surface area (Å²) in [6, 6.07) is 0.361. The van der Waals surface area contributed by atoms with Gasteiger partial charge in [-0.1, -0.05) is 34.1 Å². The van der Waals surface area contributed by atoms with Gasteiger partial charge in [-0.05, 0) is 24.2 Å². The molecule has 3 unspecified atom stereocenters. The van der Waals surface area contributed by atoms with E-state index in [1.165, 1.54) is 19.3 Å². The third kappa shape index (κ3) is 2.19. The van der Waals surface area contributed by atoms with Gasteiger partial charge in [0, 0.05) is 5.92 Å². The van der Waals surface area contributed by atoms with Crippen molar-refractivity contribution in [3.63, 3.8) is 0 Å². The number of rotatable bonds is 1. The summed E-state index contributed by atoms with van der Waals surface area (Å²) >= 11 is 0. The first-order valence-electron chi connectivity index (χ1n) is 6.19. The van der Waals surface area contributed by atoms with E-state index in [0.717, 1.165) is 18.4 Å². The lowest BCUT2D eigenvalue weighted by Gasteiger charge is -2.22. The molecule has 1 heterocycles. The maximum absolute atomic E-state index is 5.80. The van der Waals surface area contributed by atoms with Crippen LogP contribution >= 0.6 is 0 Å². The molecule has 3 atom stereocenters. The molecular formula is C13H23NO. The Morgan fingerprint density at radius 1 is 1.27 bits per heavy atom. The van der Waals surface area contributed by atoms with Gasteiger partial charge >= 0.3 is 0 Å². The monoisotopic (exact) mass is 209 g/mol. The lowest BCUT2D eigenvalue weighted by atomic mass is 9.88. The van der Waals surface area contributed by atoms with Gasteiger partial charge < -0.3 is 4.74 Å². The van der Waals surface area contributed by atoms with Crippen LogP contribution in [0.25, 0.3) is 0 Å². The maximum atomic E-state index is 5.80. The van der Waals surface area contributed by atoms with Gasteiger partial charge in [-0.3, -0.25) is 0 Å². The molecule has 0 amide bonds. The summed E-state index contributed by atoms with van der Waals surface area (Å²) in [5.74, 6) is 2.43. The second-order valence-corrected chi connectivity index (χ2v) is 6.17. The molecule has 1 saturated carbocycles. The highest BCUT2D eigenvalue weighted by molar-refractivity contribution is 5.80. The van der Waals surface area contributed by atoms with Crippen molar-refractivity contribution in [3.8, 4) is 0 Å². The van der Waals surface area contributed by atoms with Crippen molar-refractivity contribution in [1.29, 1.82) is 0 Å². The lowest BCUT2D eigenvalue weighted by Crippen LogP contribution is -2.25. The fourth-order valence-corrected chi connectivity index (χ4v) is 2.55. The fourth-order valence-electron chi connectivity index (χ4n) is 2.55. The smallest absolute Gasteiger partial charge is 0.187 e. The number of nitrogens with zero attached hydrogens (tertiary/aromatic N) is 1. The molecule has 1 aliphatic carbocycles. The molecule has 0 aromatic rings. The topological polar surface area (TPSA) is 21.6 Å². The van der Waals surface area contributed by atoms with E-state index in [1.54, 1.807) is 0 Å². The zero-order valence-corrected chi connectivity index (χ0v) is 10.4. The normalized spacial score (nSPS) is 36.5. The van der Waals surface area contributed by atoms with Crippen LogP contribution in [0.15, 0.2) is 4.99 Å². The molecule has 2 nitrogen and oxygen atoms in total. The van der Waals surface area contributed by atoms with E-state index in [1.807, 2.05) is 0 Å². The summed E-state index contributed by atoms with van der Waals surface area (Å²) in [6.45, 7) is 9.85. The molecule has 0 N–H and O–H groups in total. The summed E-state index contributed by atoms with van der Waals surface area (Å²) in [5.41, 5.74) is 0.240. The molecule has 2 rings (SSSR count). The van der Waals surface area contributed by atoms with E-state index < -0.39 is 0 Å². The van der Waals surface area contributed by atoms with Gasteiger partial charge in [0.1, 0.15) is 6.61 Å². The van der Waals surface area contributed by atoms with Gasteiger partial charge in [-0.2, -0.15) is 0 Å². The zero-order valence-electron chi connectivity index (χ0n) is 10.4. The third-order valence-corrected chi connectivity index (χ3v) is 3.85. The molecule has 2 heteroatoms. The van der Waals surface area contributed by atoms with Crippen molar-refractivity contribution in [2.75, 3.05) is 6.61 Å². The minimum absolute atomic E-state index is 0.240. The average Bonchev–Trinajstić information content (AvgIpc) is 2.69. The highest BCUT2D eigenvalue weighted by Gasteiger charge is 2.36. The Kier molecular flexibility index (Phi) is 2.78. The molecule has 0 radical (unpaired) electrons. The largest absolute Gasteiger partial charge is 0.478 e. The van der Waals surface area contributed by atoms with Crippen molar-refractivity contribution >= 4 is 5.90 Å². The van der Waals surface area contributed by atoms with Crippen LogP contribution in [0.4, 0.5) is 0 Å². The van der Waals surface area contributed by atoms with Gasteiger partial charge in [0.15, 0.2) is 5.90 Å². The Morgan fingerprint density at radius 2 is 2.00 bits per heavy atom. The molecule has 2 aliphatic rings. The predicted octanol–water partition coefficient (Wildman–Crippen LogP) is 3.27. The maximum Gasteiger partial charge on any atom is 0.187 e. The van der Waals surface area contributed by atoms with Crippen molar-refractivity contribution in [3.05, 3.63) is 0 Å². The van der Waals surface area contributed by atoms with E-state index in [4.69, 9.17) is 9.73 Å². The van der Waals surface area contributed by atoms with Crippen LogP contribution in [0.5, 0.6) is 0 Å². The Labute approximate surface area is 93.1 Å². The molecule has 1 fully saturated rings. The molecule has 0 spiro atoms. The molecule has 86 valence electrons. The van der Waals surface area contributed by atoms with Crippen LogP contribution < -0.4 is 0 Å². The zero-order chi connectivity index (χ0) is 11.1. The van der Waals surface area contributed by atoms with Crippen LogP contribution in [0, 0.1) is 17.3 Å². The standard InChI is InChI=1S/C13H23NO/c1-9-6-5-7-10(9)12-14-11(8-15-12)13(2,3)4/h9-11H,5-8H2,1-4H3. The first-order chi connectivity index (χ1) is 6.98. The van der Waals surface area contributed by atoms with Crippen molar-refractivity contribution < 1.29 is 4.74 Å². The summed E-state index contributed by atoms with van der Waals surface area (Å²) in [7, 11) is 0. The van der Waals surface area contributed by atoms with Gasteiger partial charge in [-0.15, -0.1) is 0 Å². The SMILES string of the molecule is CC1CCCC1C1=NC(C(C)(C)C)CO1. The van der Waals surface area contributed by atoms with E-state index in [-0.39, 0.29) is 5.41 Å². The number of aliphatic imine (C=N–C) groups is 1. The predicted molar refractivity (Wildman–Crippen MR) is 63.1 cm³/mol. The third-order valence-electron chi connectivity index (χ3n) is 3.85. The first-order valence-corrected chi connectivity index (χ1v) is 6.19. The van der Waals surface area contributed by atoms with Crippen LogP contribution in [0.1, 0.15) is 47.0 Å². The van der Waals surface area contributed by atoms with Crippen LogP contribution in [0.2, 0.25) is 0 Å². The summed E-state index contributed by atoms with van der Waals surface area (Å²) in [5, 5.41) is 0. The minimum Gasteiger partial charge on any atom is -0.478 e. The van der Waals surface area contributed by atoms with Gasteiger partial charge in [0.25, 0.3) is 0 Å². The molecule has 0 aromatic carbocycles. The van der Waals surface area contributed by atoms with Gasteiger partial charge in [0.2, 0.25) is 0 Å². The van der Waals surface area contributed by atoms with E-state index in [0.29, 0.717) is 12.0 Å². The van der Waals surface area contributed by atoms with Crippen LogP contribution in [0.3, 0.4) is 0 Å². The molecule has 0 bridgehead atoms. The molecule has 15 heavy (non-hydrogen) atoms. The van der Waals surface area contributed by atoms with Crippen LogP contribution in [-0.2, 0) is 4.74 Å². The fraction of sp³-hybridized carbons (Fsp3) is 0.923. The summed E-state index contributed by atoms with van der Waals surface area (Å²) in [4.78, 5) is 4.79. The summed E-state index contributed by atoms with van der Waals surface area (Å²) in [6.07, 6.45) is 3.96. The quantitative estimate of drug-likeness (QED) is 0.649. The molecule has 0 aromatic heterocycles. The summed E-state index contributed by atoms with van der Waals surface area (Å²) < 4.78 is 5.80. The highest BCUT2D eigenvalue weighted by Crippen LogP contribution is 2.36. The Balaban J connectivity index is 2.06. The Hall–Kier alpha value is -0.530. The first kappa shape index (κ1) is 11.0. The molecule has 0 saturated heterocycles. The highest BCUT2D eigenvalue weighted by atomic mass is 16.5. The molecule has 1 aliphatic heterocycles. The van der Waals surface area contributed by atoms with Crippen molar-refractivity contribution in [2.45, 2.75) is 53.0 Å². The lowest BCUT2D eigenvalue weighted by molar-refractivity contribution is 0.226. The number of hydrogen-bond donors (Lipinski definition) is 0. The Bertz CT molecular complexity index is 264. The van der Waals surface area contributed by atoms with Crippen LogP contribution in [-0.4, -0.2) is 18.5 Å². The van der Waals surface area contributed by atoms with Gasteiger partial charge in [0.05, 0.1) is 6.04 Å². The van der Waals surface area contributed by atoms with E-state index in [9.17, 15) is 0 Å². The Morgan fingerprint density at radius 3 is 2.47 bits per heavy atom. The number of ether oxygens (including phenoxy) is 1. The van der Waals surface area contributed by atoms with Gasteiger partial charge in [-0.25, -0.2) is 4.99 Å². The second-order valence-electron chi connectivity index (χ2n) is 6.17. The minimum atomic E-state index is 0.240. The van der Waals surface area contributed by atoms with Crippen molar-refractivity contribution in [1.82, 2.24) is 0 Å².